The summed E-state index contributed by atoms with van der Waals surface area (Å²) in [4.78, 5) is 20.8. The van der Waals surface area contributed by atoms with Crippen molar-refractivity contribution in [2.75, 3.05) is 19.6 Å². The van der Waals surface area contributed by atoms with Crippen molar-refractivity contribution in [1.82, 2.24) is 14.8 Å². The number of hydrogen-bond donors (Lipinski definition) is 0. The van der Waals surface area contributed by atoms with Gasteiger partial charge in [-0.3, -0.25) is 9.88 Å². The number of pyridine rings is 1. The molecule has 0 bridgehead atoms. The largest absolute Gasteiger partial charge is 0.415 e. The molecule has 0 aliphatic carbocycles. The molecule has 1 atom stereocenters. The van der Waals surface area contributed by atoms with Crippen molar-refractivity contribution in [3.05, 3.63) is 58.9 Å². The summed E-state index contributed by atoms with van der Waals surface area (Å²) in [5, 5.41) is 0. The number of ether oxygens (including phenoxy) is 1. The molecule has 1 aromatic carbocycles. The molecule has 1 aromatic heterocycles. The molecule has 138 valence electrons. The van der Waals surface area contributed by atoms with E-state index in [2.05, 4.69) is 48.9 Å². The van der Waals surface area contributed by atoms with Crippen LogP contribution in [0.3, 0.4) is 0 Å². The molecule has 1 amide bonds. The molecule has 1 aliphatic heterocycles. The van der Waals surface area contributed by atoms with Crippen molar-refractivity contribution < 1.29 is 9.53 Å². The highest BCUT2D eigenvalue weighted by molar-refractivity contribution is 5.71. The molecule has 26 heavy (non-hydrogen) atoms. The van der Waals surface area contributed by atoms with Crippen molar-refractivity contribution in [3.8, 4) is 5.75 Å². The lowest BCUT2D eigenvalue weighted by atomic mass is 10.0. The van der Waals surface area contributed by atoms with Gasteiger partial charge in [-0.25, -0.2) is 4.79 Å². The summed E-state index contributed by atoms with van der Waals surface area (Å²) in [6.45, 7) is 11.6. The first kappa shape index (κ1) is 18.4. The van der Waals surface area contributed by atoms with Gasteiger partial charge in [0.1, 0.15) is 0 Å². The standard InChI is InChI=1S/C21H27N3O2/c1-15-10-20(12-22-11-15)26-21(25)24-9-8-23(13-17(24)3)14-19-7-5-6-16(2)18(19)4/h5-7,10-12,17H,8-9,13-14H2,1-4H3/t17-/m1/s1. The number of piperazine rings is 1. The number of amides is 1. The van der Waals surface area contributed by atoms with Gasteiger partial charge in [0.2, 0.25) is 0 Å². The molecule has 2 aromatic rings. The van der Waals surface area contributed by atoms with Crippen molar-refractivity contribution >= 4 is 6.09 Å². The topological polar surface area (TPSA) is 45.7 Å². The zero-order valence-corrected chi connectivity index (χ0v) is 16.0. The van der Waals surface area contributed by atoms with Crippen molar-refractivity contribution in [1.29, 1.82) is 0 Å². The Morgan fingerprint density at radius 2 is 2.04 bits per heavy atom. The quantitative estimate of drug-likeness (QED) is 0.844. The third kappa shape index (κ3) is 4.22. The van der Waals surface area contributed by atoms with Crippen LogP contribution >= 0.6 is 0 Å². The average molecular weight is 353 g/mol. The molecule has 3 rings (SSSR count). The van der Waals surface area contributed by atoms with E-state index < -0.39 is 0 Å². The molecular weight excluding hydrogens is 326 g/mol. The molecular formula is C21H27N3O2. The van der Waals surface area contributed by atoms with Crippen LogP contribution in [0, 0.1) is 20.8 Å². The molecule has 2 heterocycles. The number of benzene rings is 1. The molecule has 5 nitrogen and oxygen atoms in total. The fourth-order valence-corrected chi connectivity index (χ4v) is 3.41. The number of hydrogen-bond acceptors (Lipinski definition) is 4. The lowest BCUT2D eigenvalue weighted by Crippen LogP contribution is -2.54. The van der Waals surface area contributed by atoms with Crippen LogP contribution in [0.25, 0.3) is 0 Å². The Kier molecular flexibility index (Phi) is 5.57. The highest BCUT2D eigenvalue weighted by Crippen LogP contribution is 2.19. The second-order valence-electron chi connectivity index (χ2n) is 7.20. The molecule has 0 spiro atoms. The van der Waals surface area contributed by atoms with E-state index >= 15 is 0 Å². The summed E-state index contributed by atoms with van der Waals surface area (Å²) in [7, 11) is 0. The number of rotatable bonds is 3. The Bertz CT molecular complexity index is 791. The van der Waals surface area contributed by atoms with E-state index in [9.17, 15) is 4.79 Å². The lowest BCUT2D eigenvalue weighted by Gasteiger charge is -2.39. The van der Waals surface area contributed by atoms with E-state index in [1.807, 2.05) is 17.9 Å². The van der Waals surface area contributed by atoms with Gasteiger partial charge in [-0.2, -0.15) is 0 Å². The molecule has 0 radical (unpaired) electrons. The van der Waals surface area contributed by atoms with Gasteiger partial charge in [-0.15, -0.1) is 0 Å². The lowest BCUT2D eigenvalue weighted by molar-refractivity contribution is 0.0751. The van der Waals surface area contributed by atoms with Crippen LogP contribution in [-0.2, 0) is 6.54 Å². The smallest absolute Gasteiger partial charge is 0.409 e. The highest BCUT2D eigenvalue weighted by atomic mass is 16.6. The van der Waals surface area contributed by atoms with Crippen molar-refractivity contribution in [2.45, 2.75) is 40.3 Å². The first-order valence-corrected chi connectivity index (χ1v) is 9.11. The zero-order valence-electron chi connectivity index (χ0n) is 16.0. The van der Waals surface area contributed by atoms with Gasteiger partial charge in [0.05, 0.1) is 6.20 Å². The monoisotopic (exact) mass is 353 g/mol. The van der Waals surface area contributed by atoms with Gasteiger partial charge in [-0.1, -0.05) is 18.2 Å². The third-order valence-corrected chi connectivity index (χ3v) is 5.11. The molecule has 0 saturated carbocycles. The summed E-state index contributed by atoms with van der Waals surface area (Å²) >= 11 is 0. The second-order valence-corrected chi connectivity index (χ2v) is 7.20. The van der Waals surface area contributed by atoms with E-state index in [-0.39, 0.29) is 12.1 Å². The van der Waals surface area contributed by atoms with Crippen LogP contribution < -0.4 is 4.74 Å². The van der Waals surface area contributed by atoms with E-state index in [0.717, 1.165) is 25.2 Å². The zero-order chi connectivity index (χ0) is 18.7. The van der Waals surface area contributed by atoms with E-state index in [1.165, 1.54) is 16.7 Å². The fourth-order valence-electron chi connectivity index (χ4n) is 3.41. The molecule has 1 saturated heterocycles. The minimum atomic E-state index is -0.295. The maximum absolute atomic E-state index is 12.5. The van der Waals surface area contributed by atoms with Crippen LogP contribution in [0.1, 0.15) is 29.2 Å². The predicted octanol–water partition coefficient (Wildman–Crippen LogP) is 3.71. The van der Waals surface area contributed by atoms with Gasteiger partial charge >= 0.3 is 6.09 Å². The highest BCUT2D eigenvalue weighted by Gasteiger charge is 2.29. The Balaban J connectivity index is 1.59. The minimum Gasteiger partial charge on any atom is -0.409 e. The fraction of sp³-hybridized carbons (Fsp3) is 0.429. The summed E-state index contributed by atoms with van der Waals surface area (Å²) in [5.41, 5.74) is 5.01. The van der Waals surface area contributed by atoms with E-state index in [4.69, 9.17) is 4.74 Å². The van der Waals surface area contributed by atoms with Crippen LogP contribution in [0.2, 0.25) is 0 Å². The van der Waals surface area contributed by atoms with Crippen LogP contribution in [0.4, 0.5) is 4.79 Å². The number of aromatic nitrogens is 1. The number of aryl methyl sites for hydroxylation is 2. The predicted molar refractivity (Wildman–Crippen MR) is 102 cm³/mol. The number of carbonyl (C=O) groups is 1. The Labute approximate surface area is 155 Å². The minimum absolute atomic E-state index is 0.110. The van der Waals surface area contributed by atoms with Crippen LogP contribution in [-0.4, -0.2) is 46.6 Å². The Morgan fingerprint density at radius 3 is 2.77 bits per heavy atom. The van der Waals surface area contributed by atoms with Gasteiger partial charge < -0.3 is 9.64 Å². The normalized spacial score (nSPS) is 18.0. The molecule has 0 N–H and O–H groups in total. The van der Waals surface area contributed by atoms with E-state index in [0.29, 0.717) is 12.3 Å². The summed E-state index contributed by atoms with van der Waals surface area (Å²) in [5.74, 6) is 0.500. The number of nitrogens with zero attached hydrogens (tertiary/aromatic N) is 3. The van der Waals surface area contributed by atoms with Gasteiger partial charge in [-0.05, 0) is 56.0 Å². The van der Waals surface area contributed by atoms with Gasteiger partial charge in [0.15, 0.2) is 5.75 Å². The third-order valence-electron chi connectivity index (χ3n) is 5.11. The van der Waals surface area contributed by atoms with E-state index in [1.54, 1.807) is 12.4 Å². The molecule has 0 unspecified atom stereocenters. The second kappa shape index (κ2) is 7.87. The first-order chi connectivity index (χ1) is 12.4. The average Bonchev–Trinajstić information content (AvgIpc) is 2.59. The van der Waals surface area contributed by atoms with Crippen LogP contribution in [0.5, 0.6) is 5.75 Å². The van der Waals surface area contributed by atoms with Crippen molar-refractivity contribution in [2.24, 2.45) is 0 Å². The number of carbonyl (C=O) groups excluding carboxylic acids is 1. The maximum Gasteiger partial charge on any atom is 0.415 e. The summed E-state index contributed by atoms with van der Waals surface area (Å²) < 4.78 is 5.50. The Morgan fingerprint density at radius 1 is 1.23 bits per heavy atom. The Hall–Kier alpha value is -2.40. The molecule has 1 fully saturated rings. The van der Waals surface area contributed by atoms with Gasteiger partial charge in [0.25, 0.3) is 0 Å². The molecule has 5 heteroatoms. The van der Waals surface area contributed by atoms with Crippen LogP contribution in [0.15, 0.2) is 36.7 Å². The first-order valence-electron chi connectivity index (χ1n) is 9.11. The maximum atomic E-state index is 12.5. The SMILES string of the molecule is Cc1cncc(OC(=O)N2CCN(Cc3cccc(C)c3C)C[C@H]2C)c1. The summed E-state index contributed by atoms with van der Waals surface area (Å²) in [6.07, 6.45) is 3.02. The van der Waals surface area contributed by atoms with Crippen molar-refractivity contribution in [3.63, 3.8) is 0 Å². The summed E-state index contributed by atoms with van der Waals surface area (Å²) in [6, 6.07) is 8.39. The van der Waals surface area contributed by atoms with Gasteiger partial charge in [0, 0.05) is 38.4 Å². The molecule has 1 aliphatic rings.